The first kappa shape index (κ1) is 25.2. The van der Waals surface area contributed by atoms with E-state index < -0.39 is 23.3 Å². The van der Waals surface area contributed by atoms with Gasteiger partial charge in [0.05, 0.1) is 5.56 Å². The van der Waals surface area contributed by atoms with Crippen molar-refractivity contribution in [2.24, 2.45) is 0 Å². The first-order valence-electron chi connectivity index (χ1n) is 11.6. The maximum Gasteiger partial charge on any atom is 0.166 e. The van der Waals surface area contributed by atoms with E-state index in [-0.39, 0.29) is 23.2 Å². The molecule has 0 unspecified atom stereocenters. The number of fused-ring (bicyclic) bond motifs is 1. The maximum absolute atomic E-state index is 14.7. The Morgan fingerprint density at radius 2 is 1.42 bits per heavy atom. The SMILES string of the molecule is C/C=C/CCc1ccc(CCc2cc(F)c(C#Cc3ccc4c(F)c(F)ccc4c3)c(F)c2)c(F)c1. The van der Waals surface area contributed by atoms with Crippen LogP contribution < -0.4 is 0 Å². The molecule has 0 nitrogen and oxygen atoms in total. The molecule has 36 heavy (non-hydrogen) atoms. The standard InChI is InChI=1S/C31H23F5/c1-2-3-4-5-20-6-10-23(28(33)17-20)11-7-22-18-29(34)26(30(35)19-22)14-9-21-8-13-25-24(16-21)12-15-27(32)31(25)36/h2-3,6,8,10,12-13,15-19H,4-5,7,11H2,1H3/b3-2+. The van der Waals surface area contributed by atoms with Crippen LogP contribution in [0, 0.1) is 40.9 Å². The van der Waals surface area contributed by atoms with Gasteiger partial charge >= 0.3 is 0 Å². The number of hydrogen-bond donors (Lipinski definition) is 0. The van der Waals surface area contributed by atoms with Crippen LogP contribution in [0.15, 0.2) is 72.8 Å². The third-order valence-electron chi connectivity index (χ3n) is 5.98. The van der Waals surface area contributed by atoms with Crippen LogP contribution in [0.3, 0.4) is 0 Å². The van der Waals surface area contributed by atoms with Gasteiger partial charge in [-0.25, -0.2) is 22.0 Å². The van der Waals surface area contributed by atoms with Crippen molar-refractivity contribution in [3.63, 3.8) is 0 Å². The minimum Gasteiger partial charge on any atom is -0.207 e. The summed E-state index contributed by atoms with van der Waals surface area (Å²) in [6.07, 6.45) is 6.13. The summed E-state index contributed by atoms with van der Waals surface area (Å²) in [6.45, 7) is 1.94. The van der Waals surface area contributed by atoms with Gasteiger partial charge in [-0.05, 0) is 91.1 Å². The number of benzene rings is 4. The van der Waals surface area contributed by atoms with Crippen molar-refractivity contribution < 1.29 is 22.0 Å². The van der Waals surface area contributed by atoms with Gasteiger partial charge < -0.3 is 0 Å². The highest BCUT2D eigenvalue weighted by Crippen LogP contribution is 2.22. The van der Waals surface area contributed by atoms with Crippen LogP contribution in [0.1, 0.15) is 41.2 Å². The van der Waals surface area contributed by atoms with E-state index in [0.717, 1.165) is 24.5 Å². The molecule has 4 aromatic rings. The fourth-order valence-electron chi connectivity index (χ4n) is 4.01. The molecule has 0 amide bonds. The average Bonchev–Trinajstić information content (AvgIpc) is 2.85. The van der Waals surface area contributed by atoms with Crippen LogP contribution in [0.5, 0.6) is 0 Å². The zero-order valence-electron chi connectivity index (χ0n) is 19.6. The largest absolute Gasteiger partial charge is 0.207 e. The Hall–Kier alpha value is -3.91. The molecule has 0 heterocycles. The first-order valence-corrected chi connectivity index (χ1v) is 11.6. The first-order chi connectivity index (χ1) is 17.4. The van der Waals surface area contributed by atoms with Gasteiger partial charge in [0.2, 0.25) is 0 Å². The highest BCUT2D eigenvalue weighted by atomic mass is 19.2. The van der Waals surface area contributed by atoms with Crippen LogP contribution in [0.2, 0.25) is 0 Å². The Morgan fingerprint density at radius 3 is 2.14 bits per heavy atom. The lowest BCUT2D eigenvalue weighted by atomic mass is 10.00. The molecule has 0 aliphatic carbocycles. The topological polar surface area (TPSA) is 0 Å². The smallest absolute Gasteiger partial charge is 0.166 e. The summed E-state index contributed by atoms with van der Waals surface area (Å²) in [7, 11) is 0. The van der Waals surface area contributed by atoms with Gasteiger partial charge in [-0.2, -0.15) is 0 Å². The van der Waals surface area contributed by atoms with Crippen molar-refractivity contribution in [3.05, 3.63) is 130 Å². The molecule has 0 aliphatic heterocycles. The molecular formula is C31H23F5. The molecule has 0 aromatic heterocycles. The average molecular weight is 491 g/mol. The van der Waals surface area contributed by atoms with E-state index in [1.165, 1.54) is 42.5 Å². The lowest BCUT2D eigenvalue weighted by Crippen LogP contribution is -1.99. The van der Waals surface area contributed by atoms with Gasteiger partial charge in [-0.1, -0.05) is 48.3 Å². The second-order valence-corrected chi connectivity index (χ2v) is 8.52. The Kier molecular flexibility index (Phi) is 7.85. The van der Waals surface area contributed by atoms with Crippen molar-refractivity contribution in [2.75, 3.05) is 0 Å². The Morgan fingerprint density at radius 1 is 0.667 bits per heavy atom. The van der Waals surface area contributed by atoms with E-state index in [1.807, 2.05) is 25.1 Å². The number of aryl methyl sites for hydroxylation is 3. The van der Waals surface area contributed by atoms with E-state index in [4.69, 9.17) is 0 Å². The van der Waals surface area contributed by atoms with Gasteiger partial charge in [0.15, 0.2) is 11.6 Å². The monoisotopic (exact) mass is 490 g/mol. The van der Waals surface area contributed by atoms with E-state index in [2.05, 4.69) is 11.8 Å². The van der Waals surface area contributed by atoms with E-state index in [0.29, 0.717) is 28.5 Å². The fraction of sp³-hybridized carbons (Fsp3) is 0.161. The Bertz CT molecular complexity index is 1480. The zero-order valence-corrected chi connectivity index (χ0v) is 19.6. The number of hydrogen-bond acceptors (Lipinski definition) is 0. The van der Waals surface area contributed by atoms with Crippen LogP contribution in [-0.4, -0.2) is 0 Å². The van der Waals surface area contributed by atoms with Crippen molar-refractivity contribution in [1.82, 2.24) is 0 Å². The number of halogens is 5. The number of rotatable bonds is 6. The Labute approximate surface area is 207 Å². The maximum atomic E-state index is 14.7. The molecule has 0 aliphatic rings. The van der Waals surface area contributed by atoms with Crippen LogP contribution in [0.4, 0.5) is 22.0 Å². The van der Waals surface area contributed by atoms with Gasteiger partial charge in [0.1, 0.15) is 17.5 Å². The highest BCUT2D eigenvalue weighted by Gasteiger charge is 2.11. The van der Waals surface area contributed by atoms with Gasteiger partial charge in [-0.15, -0.1) is 0 Å². The number of allylic oxidation sites excluding steroid dienone is 2. The summed E-state index contributed by atoms with van der Waals surface area (Å²) in [5, 5.41) is 0.525. The summed E-state index contributed by atoms with van der Waals surface area (Å²) >= 11 is 0. The molecule has 0 saturated carbocycles. The highest BCUT2D eigenvalue weighted by molar-refractivity contribution is 5.84. The predicted octanol–water partition coefficient (Wildman–Crippen LogP) is 8.23. The molecule has 0 saturated heterocycles. The molecule has 0 fully saturated rings. The van der Waals surface area contributed by atoms with Crippen molar-refractivity contribution in [3.8, 4) is 11.8 Å². The molecule has 4 rings (SSSR count). The summed E-state index contributed by atoms with van der Waals surface area (Å²) < 4.78 is 71.0. The van der Waals surface area contributed by atoms with Gasteiger partial charge in [0.25, 0.3) is 0 Å². The molecule has 0 radical (unpaired) electrons. The summed E-state index contributed by atoms with van der Waals surface area (Å²) in [6, 6.07) is 14.3. The van der Waals surface area contributed by atoms with Crippen molar-refractivity contribution in [2.45, 2.75) is 32.6 Å². The van der Waals surface area contributed by atoms with E-state index >= 15 is 0 Å². The zero-order chi connectivity index (χ0) is 25.7. The second kappa shape index (κ2) is 11.2. The second-order valence-electron chi connectivity index (χ2n) is 8.52. The summed E-state index contributed by atoms with van der Waals surface area (Å²) in [5.74, 6) is 1.31. The molecule has 0 atom stereocenters. The van der Waals surface area contributed by atoms with E-state index in [9.17, 15) is 22.0 Å². The van der Waals surface area contributed by atoms with Crippen LogP contribution >= 0.6 is 0 Å². The Balaban J connectivity index is 1.48. The quantitative estimate of drug-likeness (QED) is 0.145. The molecule has 4 aromatic carbocycles. The van der Waals surface area contributed by atoms with Crippen LogP contribution in [-0.2, 0) is 19.3 Å². The molecular weight excluding hydrogens is 467 g/mol. The van der Waals surface area contributed by atoms with Crippen molar-refractivity contribution in [1.29, 1.82) is 0 Å². The molecule has 0 spiro atoms. The third-order valence-corrected chi connectivity index (χ3v) is 5.98. The van der Waals surface area contributed by atoms with Crippen LogP contribution in [0.25, 0.3) is 10.8 Å². The van der Waals surface area contributed by atoms with Gasteiger partial charge in [-0.3, -0.25) is 0 Å². The molecule has 182 valence electrons. The lowest BCUT2D eigenvalue weighted by Gasteiger charge is -2.08. The third kappa shape index (κ3) is 5.83. The molecule has 0 bridgehead atoms. The normalized spacial score (nSPS) is 11.2. The summed E-state index contributed by atoms with van der Waals surface area (Å²) in [5.41, 5.74) is 1.80. The fourth-order valence-corrected chi connectivity index (χ4v) is 4.01. The predicted molar refractivity (Wildman–Crippen MR) is 133 cm³/mol. The minimum atomic E-state index is -0.958. The van der Waals surface area contributed by atoms with Crippen molar-refractivity contribution >= 4 is 10.8 Å². The molecule has 5 heteroatoms. The minimum absolute atomic E-state index is 0.0991. The lowest BCUT2D eigenvalue weighted by molar-refractivity contribution is 0.517. The summed E-state index contributed by atoms with van der Waals surface area (Å²) in [4.78, 5) is 0. The van der Waals surface area contributed by atoms with Gasteiger partial charge in [0, 0.05) is 10.9 Å². The molecule has 0 N–H and O–H groups in total. The van der Waals surface area contributed by atoms with E-state index in [1.54, 1.807) is 6.07 Å².